The van der Waals surface area contributed by atoms with Gasteiger partial charge in [0.2, 0.25) is 0 Å². The quantitative estimate of drug-likeness (QED) is 0.711. The second-order valence-corrected chi connectivity index (χ2v) is 5.93. The minimum absolute atomic E-state index is 0.0536. The number of hydrogen-bond donors (Lipinski definition) is 2. The first-order chi connectivity index (χ1) is 11.9. The number of urea groups is 1. The van der Waals surface area contributed by atoms with Crippen LogP contribution in [0, 0.1) is 5.82 Å². The van der Waals surface area contributed by atoms with E-state index in [1.54, 1.807) is 30.3 Å². The third kappa shape index (κ3) is 6.51. The van der Waals surface area contributed by atoms with Crippen molar-refractivity contribution in [1.29, 1.82) is 0 Å². The van der Waals surface area contributed by atoms with Crippen molar-refractivity contribution in [2.45, 2.75) is 20.0 Å². The first-order valence-corrected chi connectivity index (χ1v) is 8.21. The Balaban J connectivity index is 1.75. The van der Waals surface area contributed by atoms with Gasteiger partial charge in [0.1, 0.15) is 23.9 Å². The van der Waals surface area contributed by atoms with Gasteiger partial charge < -0.3 is 20.1 Å². The van der Waals surface area contributed by atoms with Gasteiger partial charge in [-0.25, -0.2) is 9.18 Å². The molecule has 0 atom stereocenters. The predicted octanol–water partition coefficient (Wildman–Crippen LogP) is 4.47. The molecular weight excluding hydrogens is 347 g/mol. The van der Waals surface area contributed by atoms with E-state index in [1.165, 1.54) is 12.1 Å². The Hall–Kier alpha value is -2.47. The number of rotatable bonds is 7. The van der Waals surface area contributed by atoms with Crippen molar-refractivity contribution >= 4 is 23.3 Å². The van der Waals surface area contributed by atoms with Crippen molar-refractivity contribution in [3.63, 3.8) is 0 Å². The molecule has 0 aliphatic heterocycles. The fourth-order valence-electron chi connectivity index (χ4n) is 1.97. The Kier molecular flexibility index (Phi) is 6.89. The van der Waals surface area contributed by atoms with Crippen LogP contribution in [0.15, 0.2) is 42.5 Å². The second-order valence-electron chi connectivity index (χ2n) is 5.49. The van der Waals surface area contributed by atoms with Crippen LogP contribution in [0.4, 0.5) is 14.9 Å². The highest BCUT2D eigenvalue weighted by Crippen LogP contribution is 2.21. The predicted molar refractivity (Wildman–Crippen MR) is 96.1 cm³/mol. The minimum atomic E-state index is -0.564. The highest BCUT2D eigenvalue weighted by Gasteiger charge is 2.08. The zero-order valence-electron chi connectivity index (χ0n) is 14.0. The monoisotopic (exact) mass is 366 g/mol. The van der Waals surface area contributed by atoms with E-state index in [0.717, 1.165) is 0 Å². The molecule has 134 valence electrons. The maximum Gasteiger partial charge on any atom is 0.319 e. The number of benzene rings is 2. The molecule has 0 heterocycles. The van der Waals surface area contributed by atoms with Gasteiger partial charge in [-0.05, 0) is 50.2 Å². The molecule has 0 aliphatic rings. The topological polar surface area (TPSA) is 59.6 Å². The summed E-state index contributed by atoms with van der Waals surface area (Å²) in [4.78, 5) is 11.8. The fourth-order valence-corrected chi connectivity index (χ4v) is 2.10. The molecule has 2 rings (SSSR count). The van der Waals surface area contributed by atoms with Gasteiger partial charge in [-0.2, -0.15) is 0 Å². The zero-order valence-corrected chi connectivity index (χ0v) is 14.8. The fraction of sp³-hybridized carbons (Fsp3) is 0.278. The molecule has 0 fully saturated rings. The van der Waals surface area contributed by atoms with Crippen LogP contribution in [0.25, 0.3) is 0 Å². The van der Waals surface area contributed by atoms with Crippen molar-refractivity contribution in [3.05, 3.63) is 53.3 Å². The van der Waals surface area contributed by atoms with Crippen LogP contribution in [-0.2, 0) is 0 Å². The van der Waals surface area contributed by atoms with Crippen LogP contribution in [0.1, 0.15) is 13.8 Å². The number of carbonyl (C=O) groups excluding carboxylic acids is 1. The molecule has 2 amide bonds. The molecule has 2 N–H and O–H groups in total. The van der Waals surface area contributed by atoms with Crippen LogP contribution in [0.2, 0.25) is 5.02 Å². The van der Waals surface area contributed by atoms with E-state index in [1.807, 2.05) is 13.8 Å². The van der Waals surface area contributed by atoms with Gasteiger partial charge in [0.15, 0.2) is 0 Å². The van der Waals surface area contributed by atoms with Crippen molar-refractivity contribution < 1.29 is 18.7 Å². The number of ether oxygens (including phenoxy) is 2. The Bertz CT molecular complexity index is 708. The van der Waals surface area contributed by atoms with Crippen LogP contribution in [0.3, 0.4) is 0 Å². The van der Waals surface area contributed by atoms with E-state index in [-0.39, 0.29) is 24.9 Å². The van der Waals surface area contributed by atoms with Gasteiger partial charge >= 0.3 is 6.03 Å². The summed E-state index contributed by atoms with van der Waals surface area (Å²) in [7, 11) is 0. The third-order valence-corrected chi connectivity index (χ3v) is 3.28. The first kappa shape index (κ1) is 18.9. The summed E-state index contributed by atoms with van der Waals surface area (Å²) >= 11 is 5.78. The van der Waals surface area contributed by atoms with Gasteiger partial charge in [0.25, 0.3) is 0 Å². The van der Waals surface area contributed by atoms with Crippen LogP contribution < -0.4 is 20.1 Å². The van der Waals surface area contributed by atoms with Crippen LogP contribution in [-0.4, -0.2) is 25.3 Å². The Morgan fingerprint density at radius 1 is 1.16 bits per heavy atom. The minimum Gasteiger partial charge on any atom is -0.492 e. The highest BCUT2D eigenvalue weighted by molar-refractivity contribution is 6.30. The van der Waals surface area contributed by atoms with Crippen LogP contribution in [0.5, 0.6) is 11.5 Å². The number of hydrogen-bond acceptors (Lipinski definition) is 3. The van der Waals surface area contributed by atoms with E-state index in [2.05, 4.69) is 10.6 Å². The summed E-state index contributed by atoms with van der Waals surface area (Å²) in [5, 5.41) is 5.65. The average molecular weight is 367 g/mol. The Morgan fingerprint density at radius 2 is 1.84 bits per heavy atom. The maximum atomic E-state index is 13.9. The SMILES string of the molecule is CC(C)Oc1ccc(NC(=O)NCCOc2ccc(Cl)cc2)c(F)c1. The molecule has 25 heavy (non-hydrogen) atoms. The number of anilines is 1. The zero-order chi connectivity index (χ0) is 18.2. The number of carbonyl (C=O) groups is 1. The molecule has 2 aromatic rings. The Labute approximate surface area is 151 Å². The van der Waals surface area contributed by atoms with Crippen molar-refractivity contribution in [2.24, 2.45) is 0 Å². The van der Waals surface area contributed by atoms with Gasteiger partial charge in [0, 0.05) is 11.1 Å². The van der Waals surface area contributed by atoms with E-state index in [0.29, 0.717) is 16.5 Å². The molecule has 0 unspecified atom stereocenters. The summed E-state index contributed by atoms with van der Waals surface area (Å²) < 4.78 is 24.8. The number of amides is 2. The summed E-state index contributed by atoms with van der Waals surface area (Å²) in [6, 6.07) is 10.7. The van der Waals surface area contributed by atoms with E-state index in [4.69, 9.17) is 21.1 Å². The summed E-state index contributed by atoms with van der Waals surface area (Å²) in [6.07, 6.45) is -0.0536. The number of halogens is 2. The van der Waals surface area contributed by atoms with Gasteiger partial charge in [-0.15, -0.1) is 0 Å². The van der Waals surface area contributed by atoms with Gasteiger partial charge in [0.05, 0.1) is 18.3 Å². The lowest BCUT2D eigenvalue weighted by Crippen LogP contribution is -2.32. The molecule has 0 saturated heterocycles. The van der Waals surface area contributed by atoms with Gasteiger partial charge in [-0.3, -0.25) is 0 Å². The molecular formula is C18H20ClFN2O3. The number of nitrogens with one attached hydrogen (secondary N) is 2. The molecule has 0 spiro atoms. The van der Waals surface area contributed by atoms with E-state index >= 15 is 0 Å². The third-order valence-electron chi connectivity index (χ3n) is 3.03. The lowest BCUT2D eigenvalue weighted by Gasteiger charge is -2.12. The van der Waals surface area contributed by atoms with E-state index in [9.17, 15) is 9.18 Å². The molecule has 0 radical (unpaired) electrons. The standard InChI is InChI=1S/C18H20ClFN2O3/c1-12(2)25-15-7-8-17(16(20)11-15)22-18(23)21-9-10-24-14-5-3-13(19)4-6-14/h3-8,11-12H,9-10H2,1-2H3,(H2,21,22,23). The molecule has 0 aliphatic carbocycles. The summed E-state index contributed by atoms with van der Waals surface area (Å²) in [5.74, 6) is 0.499. The summed E-state index contributed by atoms with van der Waals surface area (Å²) in [5.41, 5.74) is 0.0761. The lowest BCUT2D eigenvalue weighted by atomic mass is 10.3. The molecule has 0 saturated carbocycles. The second kappa shape index (κ2) is 9.13. The molecule has 0 aromatic heterocycles. The average Bonchev–Trinajstić information content (AvgIpc) is 2.55. The largest absolute Gasteiger partial charge is 0.492 e. The molecule has 2 aromatic carbocycles. The Morgan fingerprint density at radius 3 is 2.48 bits per heavy atom. The van der Waals surface area contributed by atoms with Gasteiger partial charge in [-0.1, -0.05) is 11.6 Å². The van der Waals surface area contributed by atoms with Crippen molar-refractivity contribution in [3.8, 4) is 11.5 Å². The van der Waals surface area contributed by atoms with E-state index < -0.39 is 11.8 Å². The maximum absolute atomic E-state index is 13.9. The highest BCUT2D eigenvalue weighted by atomic mass is 35.5. The normalized spacial score (nSPS) is 10.4. The summed E-state index contributed by atoms with van der Waals surface area (Å²) in [6.45, 7) is 4.25. The van der Waals surface area contributed by atoms with Crippen molar-refractivity contribution in [1.82, 2.24) is 5.32 Å². The molecule has 7 heteroatoms. The molecule has 5 nitrogen and oxygen atoms in total. The van der Waals surface area contributed by atoms with Crippen LogP contribution >= 0.6 is 11.6 Å². The molecule has 0 bridgehead atoms. The first-order valence-electron chi connectivity index (χ1n) is 7.83. The smallest absolute Gasteiger partial charge is 0.319 e. The lowest BCUT2D eigenvalue weighted by molar-refractivity contribution is 0.241. The van der Waals surface area contributed by atoms with Crippen molar-refractivity contribution in [2.75, 3.05) is 18.5 Å².